The molecule has 24 heavy (non-hydrogen) atoms. The van der Waals surface area contributed by atoms with Crippen LogP contribution >= 0.6 is 11.6 Å². The number of hydrogen-bond donors (Lipinski definition) is 2. The van der Waals surface area contributed by atoms with Gasteiger partial charge in [-0.3, -0.25) is 4.79 Å². The van der Waals surface area contributed by atoms with Gasteiger partial charge in [0.2, 0.25) is 0 Å². The SMILES string of the molecule is O=C(Nc1ccc(Cl)cc1)c1cccnc1NCc1ccncn1. The minimum Gasteiger partial charge on any atom is -0.364 e. The highest BCUT2D eigenvalue weighted by Gasteiger charge is 2.12. The molecule has 7 heteroatoms. The fraction of sp³-hybridized carbons (Fsp3) is 0.0588. The van der Waals surface area contributed by atoms with E-state index in [0.29, 0.717) is 28.6 Å². The van der Waals surface area contributed by atoms with Crippen molar-refractivity contribution in [2.24, 2.45) is 0 Å². The lowest BCUT2D eigenvalue weighted by Gasteiger charge is -2.11. The normalized spacial score (nSPS) is 10.2. The first kappa shape index (κ1) is 15.9. The first-order chi connectivity index (χ1) is 11.7. The Bertz CT molecular complexity index is 824. The summed E-state index contributed by atoms with van der Waals surface area (Å²) >= 11 is 5.85. The number of nitrogens with zero attached hydrogens (tertiary/aromatic N) is 3. The summed E-state index contributed by atoms with van der Waals surface area (Å²) in [5, 5.41) is 6.56. The number of pyridine rings is 1. The Morgan fingerprint density at radius 2 is 1.88 bits per heavy atom. The summed E-state index contributed by atoms with van der Waals surface area (Å²) in [7, 11) is 0. The van der Waals surface area contributed by atoms with Gasteiger partial charge in [0.1, 0.15) is 12.1 Å². The second-order valence-electron chi connectivity index (χ2n) is 4.91. The molecule has 2 N–H and O–H groups in total. The van der Waals surface area contributed by atoms with Gasteiger partial charge >= 0.3 is 0 Å². The van der Waals surface area contributed by atoms with E-state index < -0.39 is 0 Å². The minimum absolute atomic E-state index is 0.254. The van der Waals surface area contributed by atoms with Crippen LogP contribution in [0.3, 0.4) is 0 Å². The number of benzene rings is 1. The van der Waals surface area contributed by atoms with Gasteiger partial charge < -0.3 is 10.6 Å². The maximum Gasteiger partial charge on any atom is 0.259 e. The molecule has 1 amide bonds. The van der Waals surface area contributed by atoms with Crippen molar-refractivity contribution in [1.82, 2.24) is 15.0 Å². The summed E-state index contributed by atoms with van der Waals surface area (Å²) in [6.07, 6.45) is 4.77. The lowest BCUT2D eigenvalue weighted by Crippen LogP contribution is -2.16. The van der Waals surface area contributed by atoms with Crippen molar-refractivity contribution in [2.45, 2.75) is 6.54 Å². The fourth-order valence-electron chi connectivity index (χ4n) is 2.06. The Morgan fingerprint density at radius 1 is 1.04 bits per heavy atom. The Hall–Kier alpha value is -2.99. The molecular formula is C17H14ClN5O. The number of amides is 1. The molecule has 0 atom stereocenters. The van der Waals surface area contributed by atoms with Gasteiger partial charge in [-0.1, -0.05) is 11.6 Å². The number of halogens is 1. The van der Waals surface area contributed by atoms with Gasteiger partial charge in [-0.25, -0.2) is 15.0 Å². The third kappa shape index (κ3) is 4.05. The van der Waals surface area contributed by atoms with E-state index in [9.17, 15) is 4.79 Å². The van der Waals surface area contributed by atoms with Crippen LogP contribution in [0.25, 0.3) is 0 Å². The van der Waals surface area contributed by atoms with Gasteiger partial charge in [0.15, 0.2) is 0 Å². The zero-order valence-corrected chi connectivity index (χ0v) is 13.4. The highest BCUT2D eigenvalue weighted by molar-refractivity contribution is 6.30. The molecule has 0 unspecified atom stereocenters. The molecule has 0 aliphatic carbocycles. The number of aromatic nitrogens is 3. The number of anilines is 2. The topological polar surface area (TPSA) is 79.8 Å². The molecule has 0 saturated heterocycles. The van der Waals surface area contributed by atoms with Crippen molar-refractivity contribution in [1.29, 1.82) is 0 Å². The molecule has 3 aromatic rings. The monoisotopic (exact) mass is 339 g/mol. The van der Waals surface area contributed by atoms with Gasteiger partial charge in [-0.15, -0.1) is 0 Å². The number of carbonyl (C=O) groups is 1. The summed E-state index contributed by atoms with van der Waals surface area (Å²) in [5.74, 6) is 0.234. The second-order valence-corrected chi connectivity index (χ2v) is 5.35. The van der Waals surface area contributed by atoms with Crippen LogP contribution in [0.5, 0.6) is 0 Å². The molecule has 0 aliphatic heterocycles. The molecule has 6 nitrogen and oxygen atoms in total. The van der Waals surface area contributed by atoms with Crippen LogP contribution in [-0.2, 0) is 6.54 Å². The molecule has 3 rings (SSSR count). The van der Waals surface area contributed by atoms with Crippen molar-refractivity contribution in [2.75, 3.05) is 10.6 Å². The quantitative estimate of drug-likeness (QED) is 0.744. The summed E-state index contributed by atoms with van der Waals surface area (Å²) in [4.78, 5) is 24.7. The number of nitrogens with one attached hydrogen (secondary N) is 2. The third-order valence-electron chi connectivity index (χ3n) is 3.23. The lowest BCUT2D eigenvalue weighted by molar-refractivity contribution is 0.102. The van der Waals surface area contributed by atoms with Crippen LogP contribution in [0.2, 0.25) is 5.02 Å². The van der Waals surface area contributed by atoms with Crippen LogP contribution in [-0.4, -0.2) is 20.9 Å². The molecule has 0 spiro atoms. The number of rotatable bonds is 5. The van der Waals surface area contributed by atoms with Crippen LogP contribution in [0.4, 0.5) is 11.5 Å². The highest BCUT2D eigenvalue weighted by Crippen LogP contribution is 2.17. The third-order valence-corrected chi connectivity index (χ3v) is 3.49. The maximum atomic E-state index is 12.5. The molecule has 0 fully saturated rings. The average molecular weight is 340 g/mol. The standard InChI is InChI=1S/C17H14ClN5O/c18-12-3-5-13(6-4-12)23-17(24)15-2-1-8-20-16(15)21-10-14-7-9-19-11-22-14/h1-9,11H,10H2,(H,20,21)(H,23,24). The number of carbonyl (C=O) groups excluding carboxylic acids is 1. The van der Waals surface area contributed by atoms with E-state index >= 15 is 0 Å². The minimum atomic E-state index is -0.254. The molecule has 1 aromatic carbocycles. The molecule has 0 radical (unpaired) electrons. The van der Waals surface area contributed by atoms with Crippen LogP contribution < -0.4 is 10.6 Å². The zero-order chi connectivity index (χ0) is 16.8. The Labute approximate surface area is 143 Å². The summed E-state index contributed by atoms with van der Waals surface area (Å²) in [5.41, 5.74) is 1.91. The van der Waals surface area contributed by atoms with Gasteiger partial charge in [0.05, 0.1) is 17.8 Å². The average Bonchev–Trinajstić information content (AvgIpc) is 2.63. The van der Waals surface area contributed by atoms with Crippen molar-refractivity contribution in [3.8, 4) is 0 Å². The van der Waals surface area contributed by atoms with E-state index in [1.54, 1.807) is 54.9 Å². The van der Waals surface area contributed by atoms with E-state index in [0.717, 1.165) is 5.69 Å². The van der Waals surface area contributed by atoms with Gasteiger partial charge in [0.25, 0.3) is 5.91 Å². The van der Waals surface area contributed by atoms with Crippen molar-refractivity contribution in [3.63, 3.8) is 0 Å². The first-order valence-electron chi connectivity index (χ1n) is 7.23. The molecule has 0 bridgehead atoms. The van der Waals surface area contributed by atoms with Crippen LogP contribution in [0.15, 0.2) is 61.2 Å². The summed E-state index contributed by atoms with van der Waals surface area (Å²) in [6.45, 7) is 0.445. The van der Waals surface area contributed by atoms with Crippen molar-refractivity contribution >= 4 is 29.0 Å². The summed E-state index contributed by atoms with van der Waals surface area (Å²) < 4.78 is 0. The fourth-order valence-corrected chi connectivity index (χ4v) is 2.18. The van der Waals surface area contributed by atoms with E-state index in [2.05, 4.69) is 25.6 Å². The first-order valence-corrected chi connectivity index (χ1v) is 7.61. The van der Waals surface area contributed by atoms with Crippen LogP contribution in [0.1, 0.15) is 16.1 Å². The number of hydrogen-bond acceptors (Lipinski definition) is 5. The Morgan fingerprint density at radius 3 is 2.62 bits per heavy atom. The summed E-state index contributed by atoms with van der Waals surface area (Å²) in [6, 6.07) is 12.1. The smallest absolute Gasteiger partial charge is 0.259 e. The Balaban J connectivity index is 1.73. The van der Waals surface area contributed by atoms with Crippen LogP contribution in [0, 0.1) is 0 Å². The largest absolute Gasteiger partial charge is 0.364 e. The molecular weight excluding hydrogens is 326 g/mol. The molecule has 0 saturated carbocycles. The van der Waals surface area contributed by atoms with E-state index in [1.165, 1.54) is 6.33 Å². The van der Waals surface area contributed by atoms with E-state index in [4.69, 9.17) is 11.6 Å². The predicted molar refractivity (Wildman–Crippen MR) is 93.0 cm³/mol. The lowest BCUT2D eigenvalue weighted by atomic mass is 10.2. The molecule has 2 heterocycles. The van der Waals surface area contributed by atoms with Gasteiger partial charge in [0, 0.05) is 23.1 Å². The zero-order valence-electron chi connectivity index (χ0n) is 12.6. The van der Waals surface area contributed by atoms with Crippen molar-refractivity contribution < 1.29 is 4.79 Å². The maximum absolute atomic E-state index is 12.5. The molecule has 120 valence electrons. The van der Waals surface area contributed by atoms with Gasteiger partial charge in [-0.05, 0) is 42.5 Å². The predicted octanol–water partition coefficient (Wildman–Crippen LogP) is 3.39. The van der Waals surface area contributed by atoms with E-state index in [-0.39, 0.29) is 5.91 Å². The second kappa shape index (κ2) is 7.52. The highest BCUT2D eigenvalue weighted by atomic mass is 35.5. The molecule has 0 aliphatic rings. The van der Waals surface area contributed by atoms with Crippen molar-refractivity contribution in [3.05, 3.63) is 77.5 Å². The molecule has 2 aromatic heterocycles. The van der Waals surface area contributed by atoms with Gasteiger partial charge in [-0.2, -0.15) is 0 Å². The van der Waals surface area contributed by atoms with E-state index in [1.807, 2.05) is 0 Å². The Kier molecular flexibility index (Phi) is 4.98.